The van der Waals surface area contributed by atoms with Gasteiger partial charge in [-0.1, -0.05) is 18.1 Å². The van der Waals surface area contributed by atoms with Crippen molar-refractivity contribution in [3.8, 4) is 0 Å². The third kappa shape index (κ3) is 4.29. The second-order valence-electron chi connectivity index (χ2n) is 6.50. The minimum atomic E-state index is -0.105. The molecule has 0 spiro atoms. The van der Waals surface area contributed by atoms with E-state index >= 15 is 0 Å². The van der Waals surface area contributed by atoms with Crippen LogP contribution in [0.4, 0.5) is 0 Å². The minimum absolute atomic E-state index is 0.0229. The molecule has 136 valence electrons. The molecule has 0 unspecified atom stereocenters. The molecule has 0 radical (unpaired) electrons. The lowest BCUT2D eigenvalue weighted by Gasteiger charge is -2.33. The molecule has 0 aliphatic carbocycles. The molecule has 3 heterocycles. The molecule has 1 fully saturated rings. The molecule has 0 aromatic carbocycles. The highest BCUT2D eigenvalue weighted by atomic mass is 32.1. The van der Waals surface area contributed by atoms with Gasteiger partial charge in [-0.3, -0.25) is 9.69 Å². The number of rotatable bonds is 6. The Hall–Kier alpha value is -1.70. The van der Waals surface area contributed by atoms with Gasteiger partial charge in [0.2, 0.25) is 0 Å². The number of carbonyl (C=O) groups excluding carboxylic acids is 1. The smallest absolute Gasteiger partial charge is 0.276 e. The van der Waals surface area contributed by atoms with E-state index < -0.39 is 0 Å². The molecule has 2 aromatic heterocycles. The topological polar surface area (TPSA) is 52.8 Å². The van der Waals surface area contributed by atoms with Gasteiger partial charge in [0.15, 0.2) is 11.5 Å². The van der Waals surface area contributed by atoms with Gasteiger partial charge in [-0.15, -0.1) is 11.3 Å². The zero-order valence-corrected chi connectivity index (χ0v) is 16.0. The van der Waals surface area contributed by atoms with Gasteiger partial charge in [0, 0.05) is 44.2 Å². The molecular formula is C18H26N4O2S. The Balaban J connectivity index is 1.58. The van der Waals surface area contributed by atoms with E-state index in [2.05, 4.69) is 21.9 Å². The predicted molar refractivity (Wildman–Crippen MR) is 98.7 cm³/mol. The van der Waals surface area contributed by atoms with Crippen LogP contribution < -0.4 is 0 Å². The molecule has 25 heavy (non-hydrogen) atoms. The Morgan fingerprint density at radius 3 is 2.72 bits per heavy atom. The first-order chi connectivity index (χ1) is 12.1. The normalized spacial score (nSPS) is 17.6. The SMILES string of the molecule is CCN1CCN(Cc2cc(C(=O)N(C)[C@@H](C)c3cccs3)no2)CC1. The molecule has 3 rings (SSSR count). The Kier molecular flexibility index (Phi) is 5.88. The highest BCUT2D eigenvalue weighted by Gasteiger charge is 2.24. The summed E-state index contributed by atoms with van der Waals surface area (Å²) < 4.78 is 5.41. The summed E-state index contributed by atoms with van der Waals surface area (Å²) in [6.07, 6.45) is 0. The second kappa shape index (κ2) is 8.12. The molecule has 1 aliphatic heterocycles. The molecule has 7 heteroatoms. The Bertz CT molecular complexity index is 677. The van der Waals surface area contributed by atoms with Crippen LogP contribution in [0.5, 0.6) is 0 Å². The quantitative estimate of drug-likeness (QED) is 0.791. The maximum atomic E-state index is 12.7. The van der Waals surface area contributed by atoms with Crippen molar-refractivity contribution in [3.63, 3.8) is 0 Å². The van der Waals surface area contributed by atoms with Crippen LogP contribution in [0.2, 0.25) is 0 Å². The second-order valence-corrected chi connectivity index (χ2v) is 7.48. The fourth-order valence-electron chi connectivity index (χ4n) is 3.05. The molecular weight excluding hydrogens is 336 g/mol. The predicted octanol–water partition coefficient (Wildman–Crippen LogP) is 2.71. The van der Waals surface area contributed by atoms with Crippen molar-refractivity contribution < 1.29 is 9.32 Å². The van der Waals surface area contributed by atoms with E-state index in [0.29, 0.717) is 12.2 Å². The van der Waals surface area contributed by atoms with Crippen molar-refractivity contribution in [2.45, 2.75) is 26.4 Å². The number of hydrogen-bond acceptors (Lipinski definition) is 6. The summed E-state index contributed by atoms with van der Waals surface area (Å²) in [4.78, 5) is 20.3. The van der Waals surface area contributed by atoms with Crippen molar-refractivity contribution in [2.75, 3.05) is 39.8 Å². The van der Waals surface area contributed by atoms with E-state index in [-0.39, 0.29) is 11.9 Å². The lowest BCUT2D eigenvalue weighted by Crippen LogP contribution is -2.45. The maximum Gasteiger partial charge on any atom is 0.276 e. The lowest BCUT2D eigenvalue weighted by atomic mass is 10.2. The number of nitrogens with zero attached hydrogens (tertiary/aromatic N) is 4. The fourth-order valence-corrected chi connectivity index (χ4v) is 3.88. The first kappa shape index (κ1) is 18.1. The average Bonchev–Trinajstić information content (AvgIpc) is 3.32. The number of amides is 1. The largest absolute Gasteiger partial charge is 0.359 e. The maximum absolute atomic E-state index is 12.7. The summed E-state index contributed by atoms with van der Waals surface area (Å²) in [5.74, 6) is 0.650. The van der Waals surface area contributed by atoms with Crippen molar-refractivity contribution in [1.29, 1.82) is 0 Å². The van der Waals surface area contributed by atoms with Crippen LogP contribution in [0.25, 0.3) is 0 Å². The molecule has 1 aliphatic rings. The molecule has 2 aromatic rings. The molecule has 0 saturated carbocycles. The van der Waals surface area contributed by atoms with E-state index in [1.165, 1.54) is 0 Å². The summed E-state index contributed by atoms with van der Waals surface area (Å²) in [7, 11) is 1.81. The Morgan fingerprint density at radius 2 is 2.08 bits per heavy atom. The first-order valence-corrected chi connectivity index (χ1v) is 9.67. The number of hydrogen-bond donors (Lipinski definition) is 0. The van der Waals surface area contributed by atoms with Crippen molar-refractivity contribution in [2.24, 2.45) is 0 Å². The monoisotopic (exact) mass is 362 g/mol. The summed E-state index contributed by atoms with van der Waals surface area (Å²) in [6, 6.07) is 5.85. The van der Waals surface area contributed by atoms with Crippen LogP contribution in [-0.4, -0.2) is 65.5 Å². The molecule has 6 nitrogen and oxygen atoms in total. The van der Waals surface area contributed by atoms with E-state index in [0.717, 1.165) is 43.4 Å². The standard InChI is InChI=1S/C18H26N4O2S/c1-4-21-7-9-22(10-8-21)13-15-12-16(19-24-15)18(23)20(3)14(2)17-6-5-11-25-17/h5-6,11-12,14H,4,7-10,13H2,1-3H3/t14-/m0/s1. The molecule has 1 saturated heterocycles. The minimum Gasteiger partial charge on any atom is -0.359 e. The number of likely N-dealkylation sites (N-methyl/N-ethyl adjacent to an activating group) is 1. The third-order valence-electron chi connectivity index (χ3n) is 4.93. The first-order valence-electron chi connectivity index (χ1n) is 8.79. The Labute approximate surface area is 153 Å². The van der Waals surface area contributed by atoms with Gasteiger partial charge in [-0.25, -0.2) is 0 Å². The van der Waals surface area contributed by atoms with Crippen LogP contribution in [-0.2, 0) is 6.54 Å². The zero-order chi connectivity index (χ0) is 17.8. The van der Waals surface area contributed by atoms with Crippen LogP contribution in [0.15, 0.2) is 28.1 Å². The number of aromatic nitrogens is 1. The van der Waals surface area contributed by atoms with Gasteiger partial charge < -0.3 is 14.3 Å². The third-order valence-corrected chi connectivity index (χ3v) is 5.97. The van der Waals surface area contributed by atoms with Gasteiger partial charge in [-0.05, 0) is 24.9 Å². The van der Waals surface area contributed by atoms with Crippen LogP contribution in [0.3, 0.4) is 0 Å². The number of carbonyl (C=O) groups is 1. The van der Waals surface area contributed by atoms with Crippen LogP contribution in [0, 0.1) is 0 Å². The summed E-state index contributed by atoms with van der Waals surface area (Å²) in [6.45, 7) is 10.2. The van der Waals surface area contributed by atoms with E-state index in [1.807, 2.05) is 31.5 Å². The van der Waals surface area contributed by atoms with Gasteiger partial charge >= 0.3 is 0 Å². The Morgan fingerprint density at radius 1 is 1.36 bits per heavy atom. The summed E-state index contributed by atoms with van der Waals surface area (Å²) in [5.41, 5.74) is 0.383. The molecule has 1 atom stereocenters. The number of thiophene rings is 1. The highest BCUT2D eigenvalue weighted by Crippen LogP contribution is 2.24. The molecule has 0 N–H and O–H groups in total. The average molecular weight is 362 g/mol. The van der Waals surface area contributed by atoms with Gasteiger partial charge in [-0.2, -0.15) is 0 Å². The van der Waals surface area contributed by atoms with E-state index in [1.54, 1.807) is 22.3 Å². The van der Waals surface area contributed by atoms with E-state index in [9.17, 15) is 4.79 Å². The fraction of sp³-hybridized carbons (Fsp3) is 0.556. The van der Waals surface area contributed by atoms with Gasteiger partial charge in [0.05, 0.1) is 12.6 Å². The van der Waals surface area contributed by atoms with Crippen molar-refractivity contribution in [3.05, 3.63) is 39.9 Å². The summed E-state index contributed by atoms with van der Waals surface area (Å²) >= 11 is 1.65. The summed E-state index contributed by atoms with van der Waals surface area (Å²) in [5, 5.41) is 6.02. The highest BCUT2D eigenvalue weighted by molar-refractivity contribution is 7.10. The molecule has 0 bridgehead atoms. The van der Waals surface area contributed by atoms with Crippen molar-refractivity contribution >= 4 is 17.2 Å². The van der Waals surface area contributed by atoms with Crippen LogP contribution in [0.1, 0.15) is 41.0 Å². The van der Waals surface area contributed by atoms with Gasteiger partial charge in [0.25, 0.3) is 5.91 Å². The zero-order valence-electron chi connectivity index (χ0n) is 15.1. The van der Waals surface area contributed by atoms with E-state index in [4.69, 9.17) is 4.52 Å². The molecule has 1 amide bonds. The van der Waals surface area contributed by atoms with Gasteiger partial charge in [0.1, 0.15) is 0 Å². The van der Waals surface area contributed by atoms with Crippen molar-refractivity contribution in [1.82, 2.24) is 19.9 Å². The number of piperazine rings is 1. The van der Waals surface area contributed by atoms with Crippen LogP contribution >= 0.6 is 11.3 Å². The lowest BCUT2D eigenvalue weighted by molar-refractivity contribution is 0.0734.